The van der Waals surface area contributed by atoms with Gasteiger partial charge in [0.15, 0.2) is 0 Å². The lowest BCUT2D eigenvalue weighted by Gasteiger charge is -2.09. The molecule has 0 saturated heterocycles. The number of benzene rings is 3. The molecule has 4 nitrogen and oxygen atoms in total. The molecule has 0 fully saturated rings. The van der Waals surface area contributed by atoms with Crippen LogP contribution in [0.25, 0.3) is 32.6 Å². The van der Waals surface area contributed by atoms with Crippen molar-refractivity contribution in [3.8, 4) is 12.1 Å². The molecule has 4 rings (SSSR count). The molecule has 0 N–H and O–H groups in total. The highest BCUT2D eigenvalue weighted by Crippen LogP contribution is 2.34. The first-order valence-electron chi connectivity index (χ1n) is 6.73. The lowest BCUT2D eigenvalue weighted by molar-refractivity contribution is 1.31. The minimum atomic E-state index is 0.359. The summed E-state index contributed by atoms with van der Waals surface area (Å²) in [5.74, 6) is 0. The molecular weight excluding hydrogens is 272 g/mol. The maximum Gasteiger partial charge on any atom is 0.101 e. The van der Waals surface area contributed by atoms with Crippen LogP contribution in [0.5, 0.6) is 0 Å². The maximum atomic E-state index is 9.27. The normalized spacial score (nSPS) is 10.6. The Morgan fingerprint density at radius 1 is 0.682 bits per heavy atom. The van der Waals surface area contributed by atoms with Crippen molar-refractivity contribution in [2.24, 2.45) is 0 Å². The molecule has 0 aliphatic carbocycles. The summed E-state index contributed by atoms with van der Waals surface area (Å²) >= 11 is 0. The van der Waals surface area contributed by atoms with Crippen LogP contribution in [0.15, 0.2) is 48.8 Å². The van der Waals surface area contributed by atoms with Crippen LogP contribution in [0.2, 0.25) is 0 Å². The van der Waals surface area contributed by atoms with Gasteiger partial charge in [0, 0.05) is 23.2 Å². The average Bonchev–Trinajstić information content (AvgIpc) is 2.60. The van der Waals surface area contributed by atoms with Crippen LogP contribution in [0.3, 0.4) is 0 Å². The number of hydrogen-bond donors (Lipinski definition) is 0. The van der Waals surface area contributed by atoms with Crippen molar-refractivity contribution in [3.05, 3.63) is 59.9 Å². The quantitative estimate of drug-likeness (QED) is 0.460. The third kappa shape index (κ3) is 1.55. The van der Waals surface area contributed by atoms with E-state index in [1.165, 1.54) is 0 Å². The number of fused-ring (bicyclic) bond motifs is 6. The van der Waals surface area contributed by atoms with Crippen LogP contribution < -0.4 is 0 Å². The van der Waals surface area contributed by atoms with Crippen LogP contribution in [0.1, 0.15) is 11.1 Å². The van der Waals surface area contributed by atoms with E-state index in [1.807, 2.05) is 24.3 Å². The Morgan fingerprint density at radius 3 is 1.86 bits per heavy atom. The molecule has 4 heteroatoms. The predicted octanol–water partition coefficient (Wildman–Crippen LogP) is 3.68. The second kappa shape index (κ2) is 4.51. The van der Waals surface area contributed by atoms with Crippen molar-refractivity contribution in [1.29, 1.82) is 10.5 Å². The Hall–Kier alpha value is -3.50. The molecule has 100 valence electrons. The largest absolute Gasteiger partial charge is 0.252 e. The molecule has 0 aliphatic heterocycles. The Morgan fingerprint density at radius 2 is 1.23 bits per heavy atom. The van der Waals surface area contributed by atoms with Crippen LogP contribution in [-0.4, -0.2) is 9.97 Å². The van der Waals surface area contributed by atoms with Crippen LogP contribution in [0, 0.1) is 22.7 Å². The van der Waals surface area contributed by atoms with Crippen molar-refractivity contribution in [3.63, 3.8) is 0 Å². The maximum absolute atomic E-state index is 9.27. The van der Waals surface area contributed by atoms with E-state index in [2.05, 4.69) is 22.1 Å². The first-order chi connectivity index (χ1) is 10.8. The third-order valence-corrected chi connectivity index (χ3v) is 3.82. The Balaban J connectivity index is 2.39. The molecule has 0 bridgehead atoms. The zero-order valence-electron chi connectivity index (χ0n) is 11.4. The van der Waals surface area contributed by atoms with Gasteiger partial charge >= 0.3 is 0 Å². The highest BCUT2D eigenvalue weighted by Gasteiger charge is 2.13. The fraction of sp³-hybridized carbons (Fsp3) is 0. The molecule has 4 aromatic rings. The first kappa shape index (κ1) is 12.3. The summed E-state index contributed by atoms with van der Waals surface area (Å²) in [5, 5.41) is 22.3. The number of nitrogens with zero attached hydrogens (tertiary/aromatic N) is 4. The molecule has 0 spiro atoms. The van der Waals surface area contributed by atoms with Gasteiger partial charge in [-0.1, -0.05) is 24.3 Å². The van der Waals surface area contributed by atoms with E-state index in [1.54, 1.807) is 24.5 Å². The molecule has 0 radical (unpaired) electrons. The van der Waals surface area contributed by atoms with Crippen LogP contribution >= 0.6 is 0 Å². The lowest BCUT2D eigenvalue weighted by Crippen LogP contribution is -1.91. The molecule has 22 heavy (non-hydrogen) atoms. The predicted molar refractivity (Wildman–Crippen MR) is 84.0 cm³/mol. The third-order valence-electron chi connectivity index (χ3n) is 3.82. The summed E-state index contributed by atoms with van der Waals surface area (Å²) in [6.45, 7) is 0. The van der Waals surface area contributed by atoms with Gasteiger partial charge in [-0.15, -0.1) is 0 Å². The molecule has 0 atom stereocenters. The molecular formula is C18H8N4. The standard InChI is InChI=1S/C18H8N4/c19-9-11-7-15-13-3-1-2-4-14(13)17-18(22-6-5-21-17)16(15)8-12(11)10-20/h1-8H. The Labute approximate surface area is 125 Å². The van der Waals surface area contributed by atoms with E-state index < -0.39 is 0 Å². The summed E-state index contributed by atoms with van der Waals surface area (Å²) in [6.07, 6.45) is 3.30. The van der Waals surface area contributed by atoms with E-state index in [9.17, 15) is 10.5 Å². The molecule has 3 aromatic carbocycles. The van der Waals surface area contributed by atoms with Crippen molar-refractivity contribution < 1.29 is 0 Å². The van der Waals surface area contributed by atoms with Gasteiger partial charge in [0.25, 0.3) is 0 Å². The number of rotatable bonds is 0. The fourth-order valence-electron chi connectivity index (χ4n) is 2.86. The molecule has 1 heterocycles. The van der Waals surface area contributed by atoms with Crippen molar-refractivity contribution >= 4 is 32.6 Å². The average molecular weight is 280 g/mol. The summed E-state index contributed by atoms with van der Waals surface area (Å²) < 4.78 is 0. The fourth-order valence-corrected chi connectivity index (χ4v) is 2.86. The number of hydrogen-bond acceptors (Lipinski definition) is 4. The topological polar surface area (TPSA) is 73.4 Å². The van der Waals surface area contributed by atoms with Gasteiger partial charge in [-0.25, -0.2) is 0 Å². The first-order valence-corrected chi connectivity index (χ1v) is 6.73. The van der Waals surface area contributed by atoms with Crippen LogP contribution in [-0.2, 0) is 0 Å². The zero-order valence-corrected chi connectivity index (χ0v) is 11.4. The zero-order chi connectivity index (χ0) is 15.1. The van der Waals surface area contributed by atoms with Gasteiger partial charge in [0.05, 0.1) is 22.2 Å². The molecule has 0 saturated carbocycles. The second-order valence-corrected chi connectivity index (χ2v) is 4.97. The van der Waals surface area contributed by atoms with Gasteiger partial charge in [0.2, 0.25) is 0 Å². The highest BCUT2D eigenvalue weighted by atomic mass is 14.8. The Kier molecular flexibility index (Phi) is 2.51. The minimum absolute atomic E-state index is 0.359. The smallest absolute Gasteiger partial charge is 0.101 e. The molecule has 0 unspecified atom stereocenters. The summed E-state index contributed by atoms with van der Waals surface area (Å²) in [5.41, 5.74) is 2.29. The second-order valence-electron chi connectivity index (χ2n) is 4.97. The van der Waals surface area contributed by atoms with Crippen molar-refractivity contribution in [2.45, 2.75) is 0 Å². The van der Waals surface area contributed by atoms with Crippen molar-refractivity contribution in [1.82, 2.24) is 9.97 Å². The summed E-state index contributed by atoms with van der Waals surface area (Å²) in [4.78, 5) is 8.88. The van der Waals surface area contributed by atoms with E-state index >= 15 is 0 Å². The van der Waals surface area contributed by atoms with Gasteiger partial charge in [-0.3, -0.25) is 9.97 Å². The highest BCUT2D eigenvalue weighted by molar-refractivity contribution is 6.23. The van der Waals surface area contributed by atoms with Crippen LogP contribution in [0.4, 0.5) is 0 Å². The van der Waals surface area contributed by atoms with E-state index in [0.717, 1.165) is 32.6 Å². The number of aromatic nitrogens is 2. The van der Waals surface area contributed by atoms with E-state index in [4.69, 9.17) is 0 Å². The summed E-state index contributed by atoms with van der Waals surface area (Å²) in [7, 11) is 0. The van der Waals surface area contributed by atoms with Crippen molar-refractivity contribution in [2.75, 3.05) is 0 Å². The molecule has 0 amide bonds. The Bertz CT molecular complexity index is 1050. The van der Waals surface area contributed by atoms with Gasteiger partial charge in [-0.05, 0) is 22.9 Å². The molecule has 0 aliphatic rings. The van der Waals surface area contributed by atoms with Gasteiger partial charge in [-0.2, -0.15) is 10.5 Å². The summed E-state index contributed by atoms with van der Waals surface area (Å²) in [6, 6.07) is 15.6. The number of nitriles is 2. The minimum Gasteiger partial charge on any atom is -0.252 e. The lowest BCUT2D eigenvalue weighted by atomic mass is 9.95. The SMILES string of the molecule is N#Cc1cc2c3ccccc3c3nccnc3c2cc1C#N. The van der Waals surface area contributed by atoms with E-state index in [0.29, 0.717) is 11.1 Å². The van der Waals surface area contributed by atoms with E-state index in [-0.39, 0.29) is 0 Å². The monoisotopic (exact) mass is 280 g/mol. The molecule has 1 aromatic heterocycles. The van der Waals surface area contributed by atoms with Gasteiger partial charge in [0.1, 0.15) is 12.1 Å². The van der Waals surface area contributed by atoms with Gasteiger partial charge < -0.3 is 0 Å².